The van der Waals surface area contributed by atoms with Gasteiger partial charge in [-0.1, -0.05) is 23.7 Å². The summed E-state index contributed by atoms with van der Waals surface area (Å²) in [7, 11) is 0. The molecule has 0 N–H and O–H groups in total. The van der Waals surface area contributed by atoms with E-state index in [2.05, 4.69) is 18.7 Å². The molecule has 158 valence electrons. The van der Waals surface area contributed by atoms with Gasteiger partial charge in [-0.15, -0.1) is 0 Å². The minimum absolute atomic E-state index is 0.0975. The lowest BCUT2D eigenvalue weighted by Crippen LogP contribution is -2.56. The number of hydrogen-bond donors (Lipinski definition) is 0. The molecule has 1 aliphatic carbocycles. The van der Waals surface area contributed by atoms with E-state index in [0.29, 0.717) is 17.3 Å². The van der Waals surface area contributed by atoms with Crippen molar-refractivity contribution in [2.45, 2.75) is 51.4 Å². The topological polar surface area (TPSA) is 48.0 Å². The van der Waals surface area contributed by atoms with Crippen LogP contribution in [0.4, 0.5) is 0 Å². The van der Waals surface area contributed by atoms with Crippen molar-refractivity contribution in [2.24, 2.45) is 11.8 Å². The summed E-state index contributed by atoms with van der Waals surface area (Å²) in [4.78, 5) is 15.5. The maximum atomic E-state index is 13.2. The third-order valence-corrected chi connectivity index (χ3v) is 6.42. The fraction of sp³-hybridized carbons (Fsp3) is 0.609. The molecule has 2 aliphatic heterocycles. The van der Waals surface area contributed by atoms with Crippen LogP contribution >= 0.6 is 11.6 Å². The number of carbonyl (C=O) groups is 1. The summed E-state index contributed by atoms with van der Waals surface area (Å²) in [5.74, 6) is 0.310. The van der Waals surface area contributed by atoms with Gasteiger partial charge in [0.1, 0.15) is 6.10 Å². The molecular formula is C23H30ClNO4. The van der Waals surface area contributed by atoms with E-state index in [1.165, 1.54) is 0 Å². The van der Waals surface area contributed by atoms with E-state index in [9.17, 15) is 4.79 Å². The number of hydrogen-bond acceptors (Lipinski definition) is 5. The number of halogens is 1. The van der Waals surface area contributed by atoms with E-state index in [4.69, 9.17) is 25.8 Å². The van der Waals surface area contributed by atoms with Crippen LogP contribution in [0.1, 0.15) is 38.7 Å². The van der Waals surface area contributed by atoms with Crippen LogP contribution in [0.3, 0.4) is 0 Å². The van der Waals surface area contributed by atoms with Gasteiger partial charge in [-0.25, -0.2) is 0 Å². The number of benzene rings is 1. The van der Waals surface area contributed by atoms with Crippen molar-refractivity contribution in [3.8, 4) is 0 Å². The summed E-state index contributed by atoms with van der Waals surface area (Å²) in [6, 6.07) is 7.38. The van der Waals surface area contributed by atoms with Gasteiger partial charge < -0.3 is 14.2 Å². The molecule has 1 aromatic rings. The van der Waals surface area contributed by atoms with Crippen molar-refractivity contribution in [1.82, 2.24) is 4.90 Å². The lowest BCUT2D eigenvalue weighted by Gasteiger charge is -2.48. The molecule has 0 radical (unpaired) electrons. The average molecular weight is 420 g/mol. The number of Topliss-reactive ketones (excluding diaryl/α,β-unsaturated/α-hetero) is 1. The first-order valence-corrected chi connectivity index (χ1v) is 11.0. The van der Waals surface area contributed by atoms with E-state index >= 15 is 0 Å². The third kappa shape index (κ3) is 4.69. The molecule has 0 aromatic heterocycles. The molecule has 4 atom stereocenters. The summed E-state index contributed by atoms with van der Waals surface area (Å²) in [6.07, 6.45) is 4.71. The Kier molecular flexibility index (Phi) is 6.60. The zero-order chi connectivity index (χ0) is 20.4. The van der Waals surface area contributed by atoms with Gasteiger partial charge in [-0.3, -0.25) is 9.69 Å². The number of nitrogens with zero attached hydrogens (tertiary/aromatic N) is 1. The maximum absolute atomic E-state index is 13.2. The molecule has 5 nitrogen and oxygen atoms in total. The van der Waals surface area contributed by atoms with Crippen molar-refractivity contribution in [3.63, 3.8) is 0 Å². The first-order chi connectivity index (χ1) is 14.0. The zero-order valence-corrected chi connectivity index (χ0v) is 17.9. The molecule has 2 heterocycles. The molecule has 2 fully saturated rings. The second-order valence-electron chi connectivity index (χ2n) is 8.54. The first-order valence-electron chi connectivity index (χ1n) is 10.6. The Morgan fingerprint density at radius 1 is 1.24 bits per heavy atom. The maximum Gasteiger partial charge on any atom is 0.173 e. The lowest BCUT2D eigenvalue weighted by molar-refractivity contribution is -0.170. The summed E-state index contributed by atoms with van der Waals surface area (Å²) in [5.41, 5.74) is 1.52. The smallest absolute Gasteiger partial charge is 0.173 e. The van der Waals surface area contributed by atoms with Crippen LogP contribution in [0.5, 0.6) is 0 Å². The highest BCUT2D eigenvalue weighted by molar-refractivity contribution is 6.30. The van der Waals surface area contributed by atoms with Gasteiger partial charge in [0, 0.05) is 30.6 Å². The van der Waals surface area contributed by atoms with Gasteiger partial charge in [0.15, 0.2) is 5.78 Å². The highest BCUT2D eigenvalue weighted by Gasteiger charge is 2.48. The quantitative estimate of drug-likeness (QED) is 0.648. The fourth-order valence-corrected chi connectivity index (χ4v) is 4.82. The molecule has 1 saturated heterocycles. The van der Waals surface area contributed by atoms with Crippen LogP contribution in [0.25, 0.3) is 5.57 Å². The van der Waals surface area contributed by atoms with Gasteiger partial charge in [-0.05, 0) is 50.8 Å². The van der Waals surface area contributed by atoms with Crippen LogP contribution in [0.2, 0.25) is 5.02 Å². The summed E-state index contributed by atoms with van der Waals surface area (Å²) >= 11 is 5.99. The molecule has 1 saturated carbocycles. The molecule has 29 heavy (non-hydrogen) atoms. The second-order valence-corrected chi connectivity index (χ2v) is 8.97. The Labute approximate surface area is 177 Å². The molecule has 1 aromatic carbocycles. The van der Waals surface area contributed by atoms with Gasteiger partial charge in [0.2, 0.25) is 0 Å². The monoisotopic (exact) mass is 419 g/mol. The Hall–Kier alpha value is -1.40. The van der Waals surface area contributed by atoms with Gasteiger partial charge in [0.25, 0.3) is 0 Å². The first kappa shape index (κ1) is 20.9. The average Bonchev–Trinajstić information content (AvgIpc) is 2.72. The number of carbonyl (C=O) groups excluding carboxylic acids is 1. The molecule has 0 spiro atoms. The standard InChI is InChI=1S/C23H30ClNO4/c1-15(2)27-11-3-10-25-12-19-21(29-14-25)9-8-18-22(26)20(13-28-23(18)19)16-4-6-17(24)7-5-16/h4-7,13,15,18-19,21,23H,3,8-12,14H2,1-2H3. The Morgan fingerprint density at radius 2 is 2.03 bits per heavy atom. The summed E-state index contributed by atoms with van der Waals surface area (Å²) in [5, 5.41) is 0.662. The van der Waals surface area contributed by atoms with E-state index in [-0.39, 0.29) is 35.9 Å². The lowest BCUT2D eigenvalue weighted by atomic mass is 9.71. The van der Waals surface area contributed by atoms with Crippen LogP contribution in [0, 0.1) is 11.8 Å². The van der Waals surface area contributed by atoms with Crippen molar-refractivity contribution in [2.75, 3.05) is 26.4 Å². The predicted molar refractivity (Wildman–Crippen MR) is 113 cm³/mol. The van der Waals surface area contributed by atoms with Crippen molar-refractivity contribution < 1.29 is 19.0 Å². The SMILES string of the molecule is CC(C)OCCCN1COC2CCC3C(=O)C(c4ccc(Cl)cc4)=COC3C2C1. The third-order valence-electron chi connectivity index (χ3n) is 6.17. The molecule has 3 aliphatic rings. The van der Waals surface area contributed by atoms with Crippen LogP contribution in [-0.4, -0.2) is 55.4 Å². The minimum atomic E-state index is -0.105. The fourth-order valence-electron chi connectivity index (χ4n) is 4.70. The number of fused-ring (bicyclic) bond motifs is 3. The Morgan fingerprint density at radius 3 is 2.79 bits per heavy atom. The van der Waals surface area contributed by atoms with Gasteiger partial charge in [-0.2, -0.15) is 0 Å². The van der Waals surface area contributed by atoms with Crippen molar-refractivity contribution in [1.29, 1.82) is 0 Å². The van der Waals surface area contributed by atoms with E-state index in [1.54, 1.807) is 6.26 Å². The Bertz CT molecular complexity index is 748. The van der Waals surface area contributed by atoms with Crippen LogP contribution in [0.15, 0.2) is 30.5 Å². The second kappa shape index (κ2) is 9.17. The normalized spacial score (nSPS) is 29.8. The van der Waals surface area contributed by atoms with Gasteiger partial charge >= 0.3 is 0 Å². The minimum Gasteiger partial charge on any atom is -0.496 e. The predicted octanol–water partition coefficient (Wildman–Crippen LogP) is 4.15. The highest BCUT2D eigenvalue weighted by Crippen LogP contribution is 2.42. The zero-order valence-electron chi connectivity index (χ0n) is 17.2. The molecule has 6 heteroatoms. The largest absolute Gasteiger partial charge is 0.496 e. The number of allylic oxidation sites excluding steroid dienone is 1. The number of ketones is 1. The van der Waals surface area contributed by atoms with Crippen molar-refractivity contribution >= 4 is 23.0 Å². The van der Waals surface area contributed by atoms with Crippen LogP contribution in [-0.2, 0) is 19.0 Å². The van der Waals surface area contributed by atoms with Crippen LogP contribution < -0.4 is 0 Å². The molecule has 0 bridgehead atoms. The molecule has 4 rings (SSSR count). The number of rotatable bonds is 6. The summed E-state index contributed by atoms with van der Waals surface area (Å²) < 4.78 is 18.0. The van der Waals surface area contributed by atoms with E-state index in [1.807, 2.05) is 24.3 Å². The highest BCUT2D eigenvalue weighted by atomic mass is 35.5. The van der Waals surface area contributed by atoms with E-state index < -0.39 is 0 Å². The Balaban J connectivity index is 1.41. The van der Waals surface area contributed by atoms with Gasteiger partial charge in [0.05, 0.1) is 36.7 Å². The molecule has 4 unspecified atom stereocenters. The molecular weight excluding hydrogens is 390 g/mol. The number of ether oxygens (including phenoxy) is 3. The molecule has 0 amide bonds. The van der Waals surface area contributed by atoms with E-state index in [0.717, 1.165) is 44.5 Å². The summed E-state index contributed by atoms with van der Waals surface area (Å²) in [6.45, 7) is 7.37. The van der Waals surface area contributed by atoms with Crippen molar-refractivity contribution in [3.05, 3.63) is 41.1 Å².